The number of halogens is 4. The van der Waals surface area contributed by atoms with E-state index in [0.29, 0.717) is 34.8 Å². The number of allylic oxidation sites excluding steroid dienone is 1. The maximum Gasteiger partial charge on any atom is 0.156 e. The minimum atomic E-state index is 0.139. The molecule has 0 aliphatic heterocycles. The fourth-order valence-electron chi connectivity index (χ4n) is 2.51. The van der Waals surface area contributed by atoms with E-state index in [2.05, 4.69) is 18.5 Å². The van der Waals surface area contributed by atoms with Crippen LogP contribution in [0.5, 0.6) is 11.5 Å². The van der Waals surface area contributed by atoms with Crippen LogP contribution >= 0.6 is 46.4 Å². The molecule has 0 aromatic heterocycles. The number of rotatable bonds is 17. The number of hydroxylamine groups is 1. The lowest BCUT2D eigenvalue weighted by Crippen LogP contribution is -2.09. The van der Waals surface area contributed by atoms with E-state index in [9.17, 15) is 0 Å². The van der Waals surface area contributed by atoms with E-state index in [0.717, 1.165) is 19.3 Å². The smallest absolute Gasteiger partial charge is 0.156 e. The zero-order valence-electron chi connectivity index (χ0n) is 17.4. The van der Waals surface area contributed by atoms with E-state index in [1.807, 2.05) is 6.20 Å². The monoisotopic (exact) mass is 497 g/mol. The number of hydrogen-bond acceptors (Lipinski definition) is 4. The first-order valence-corrected chi connectivity index (χ1v) is 11.8. The van der Waals surface area contributed by atoms with Crippen molar-refractivity contribution < 1.29 is 14.3 Å². The van der Waals surface area contributed by atoms with Crippen LogP contribution in [0.15, 0.2) is 35.0 Å². The fourth-order valence-corrected chi connectivity index (χ4v) is 3.22. The predicted octanol–water partition coefficient (Wildman–Crippen LogP) is 8.25. The van der Waals surface area contributed by atoms with E-state index < -0.39 is 0 Å². The summed E-state index contributed by atoms with van der Waals surface area (Å²) in [5, 5.41) is 0.771. The SMILES string of the molecule is CCCCCCCC=CNOCCCCOc1c(Cl)cc(OCC=C(Cl)Cl)cc1Cl. The number of nitrogens with one attached hydrogen (secondary N) is 1. The maximum atomic E-state index is 6.24. The minimum Gasteiger partial charge on any atom is -0.490 e. The molecule has 0 fully saturated rings. The third kappa shape index (κ3) is 13.5. The van der Waals surface area contributed by atoms with Crippen molar-refractivity contribution in [2.75, 3.05) is 19.8 Å². The molecule has 0 saturated heterocycles. The molecule has 30 heavy (non-hydrogen) atoms. The zero-order chi connectivity index (χ0) is 22.0. The van der Waals surface area contributed by atoms with Crippen LogP contribution < -0.4 is 15.0 Å². The fraction of sp³-hybridized carbons (Fsp3) is 0.545. The quantitative estimate of drug-likeness (QED) is 0.173. The highest BCUT2D eigenvalue weighted by Gasteiger charge is 2.10. The molecule has 0 radical (unpaired) electrons. The number of unbranched alkanes of at least 4 members (excludes halogenated alkanes) is 6. The number of hydrogen-bond donors (Lipinski definition) is 1. The highest BCUT2D eigenvalue weighted by atomic mass is 35.5. The van der Waals surface area contributed by atoms with E-state index in [4.69, 9.17) is 60.7 Å². The highest BCUT2D eigenvalue weighted by Crippen LogP contribution is 2.37. The second kappa shape index (κ2) is 17.9. The van der Waals surface area contributed by atoms with Gasteiger partial charge in [0.15, 0.2) is 5.75 Å². The Labute approximate surface area is 200 Å². The summed E-state index contributed by atoms with van der Waals surface area (Å²) in [6, 6.07) is 3.28. The lowest BCUT2D eigenvalue weighted by atomic mass is 10.1. The van der Waals surface area contributed by atoms with Gasteiger partial charge >= 0.3 is 0 Å². The average molecular weight is 499 g/mol. The lowest BCUT2D eigenvalue weighted by molar-refractivity contribution is 0.0661. The predicted molar refractivity (Wildman–Crippen MR) is 128 cm³/mol. The second-order valence-electron chi connectivity index (χ2n) is 6.65. The van der Waals surface area contributed by atoms with Crippen LogP contribution in [0.2, 0.25) is 10.0 Å². The van der Waals surface area contributed by atoms with Crippen LogP contribution in [-0.4, -0.2) is 19.8 Å². The van der Waals surface area contributed by atoms with Crippen LogP contribution in [0.3, 0.4) is 0 Å². The summed E-state index contributed by atoms with van der Waals surface area (Å²) in [4.78, 5) is 5.36. The van der Waals surface area contributed by atoms with Crippen LogP contribution in [0.4, 0.5) is 0 Å². The Hall–Kier alpha value is -0.780. The van der Waals surface area contributed by atoms with E-state index >= 15 is 0 Å². The van der Waals surface area contributed by atoms with Gasteiger partial charge in [0.05, 0.1) is 23.3 Å². The van der Waals surface area contributed by atoms with Gasteiger partial charge in [-0.2, -0.15) is 0 Å². The van der Waals surface area contributed by atoms with E-state index in [-0.39, 0.29) is 11.1 Å². The zero-order valence-corrected chi connectivity index (χ0v) is 20.4. The van der Waals surface area contributed by atoms with E-state index in [1.54, 1.807) is 12.1 Å². The third-order valence-corrected chi connectivity index (χ3v) is 4.96. The van der Waals surface area contributed by atoms with Crippen molar-refractivity contribution in [3.8, 4) is 11.5 Å². The molecule has 0 heterocycles. The average Bonchev–Trinajstić information content (AvgIpc) is 2.69. The topological polar surface area (TPSA) is 39.7 Å². The van der Waals surface area contributed by atoms with Gasteiger partial charge in [-0.1, -0.05) is 85.1 Å². The van der Waals surface area contributed by atoms with Gasteiger partial charge in [-0.25, -0.2) is 0 Å². The summed E-state index contributed by atoms with van der Waals surface area (Å²) >= 11 is 23.6. The molecule has 0 atom stereocenters. The van der Waals surface area contributed by atoms with Gasteiger partial charge in [0.2, 0.25) is 0 Å². The van der Waals surface area contributed by atoms with Gasteiger partial charge in [-0.3, -0.25) is 10.3 Å². The van der Waals surface area contributed by atoms with Gasteiger partial charge in [0.1, 0.15) is 16.8 Å². The molecular formula is C22H31Cl4NO3. The van der Waals surface area contributed by atoms with Gasteiger partial charge in [0, 0.05) is 18.3 Å². The summed E-state index contributed by atoms with van der Waals surface area (Å²) < 4.78 is 11.3. The molecule has 1 aromatic carbocycles. The van der Waals surface area contributed by atoms with E-state index in [1.165, 1.54) is 38.2 Å². The molecule has 0 unspecified atom stereocenters. The van der Waals surface area contributed by atoms with Crippen molar-refractivity contribution in [3.05, 3.63) is 45.0 Å². The van der Waals surface area contributed by atoms with Crippen LogP contribution in [0.25, 0.3) is 0 Å². The molecule has 0 aliphatic carbocycles. The summed E-state index contributed by atoms with van der Waals surface area (Å²) in [7, 11) is 0. The second-order valence-corrected chi connectivity index (χ2v) is 8.47. The van der Waals surface area contributed by atoms with Crippen molar-refractivity contribution in [1.82, 2.24) is 5.48 Å². The molecular weight excluding hydrogens is 468 g/mol. The summed E-state index contributed by atoms with van der Waals surface area (Å²) in [5.41, 5.74) is 2.85. The third-order valence-electron chi connectivity index (χ3n) is 4.09. The molecule has 4 nitrogen and oxygen atoms in total. The first kappa shape index (κ1) is 27.3. The van der Waals surface area contributed by atoms with Crippen LogP contribution in [0.1, 0.15) is 58.3 Å². The van der Waals surface area contributed by atoms with Crippen molar-refractivity contribution in [3.63, 3.8) is 0 Å². The lowest BCUT2D eigenvalue weighted by Gasteiger charge is -2.12. The molecule has 8 heteroatoms. The van der Waals surface area contributed by atoms with Gasteiger partial charge < -0.3 is 9.47 Å². The van der Waals surface area contributed by atoms with Crippen molar-refractivity contribution >= 4 is 46.4 Å². The molecule has 1 N–H and O–H groups in total. The minimum absolute atomic E-state index is 0.139. The standard InChI is InChI=1S/C22H31Cl4NO3/c1-2-3-4-5-6-7-8-12-27-30-14-10-9-13-29-22-19(23)16-18(17-20(22)24)28-15-11-21(25)26/h8,11-12,16-17,27H,2-7,9-10,13-15H2,1H3. The molecule has 1 rings (SSSR count). The van der Waals surface area contributed by atoms with Crippen LogP contribution in [-0.2, 0) is 4.84 Å². The molecule has 0 bridgehead atoms. The Morgan fingerprint density at radius 2 is 1.63 bits per heavy atom. The Morgan fingerprint density at radius 3 is 2.33 bits per heavy atom. The van der Waals surface area contributed by atoms with Crippen molar-refractivity contribution in [1.29, 1.82) is 0 Å². The largest absolute Gasteiger partial charge is 0.490 e. The summed E-state index contributed by atoms with van der Waals surface area (Å²) in [6.45, 7) is 3.53. The Balaban J connectivity index is 2.13. The van der Waals surface area contributed by atoms with Crippen molar-refractivity contribution in [2.24, 2.45) is 0 Å². The normalized spacial score (nSPS) is 11.0. The Kier molecular flexibility index (Phi) is 16.2. The Bertz CT molecular complexity index is 626. The molecule has 0 amide bonds. The molecule has 0 spiro atoms. The number of benzene rings is 1. The van der Waals surface area contributed by atoms with Gasteiger partial charge in [-0.15, -0.1) is 0 Å². The van der Waals surface area contributed by atoms with Crippen LogP contribution in [0, 0.1) is 0 Å². The molecule has 0 saturated carbocycles. The highest BCUT2D eigenvalue weighted by molar-refractivity contribution is 6.55. The first-order chi connectivity index (χ1) is 14.5. The number of ether oxygens (including phenoxy) is 2. The van der Waals surface area contributed by atoms with Crippen molar-refractivity contribution in [2.45, 2.75) is 58.3 Å². The van der Waals surface area contributed by atoms with Gasteiger partial charge in [0.25, 0.3) is 0 Å². The summed E-state index contributed by atoms with van der Waals surface area (Å²) in [6.07, 6.45) is 14.7. The maximum absolute atomic E-state index is 6.24. The molecule has 170 valence electrons. The molecule has 1 aromatic rings. The first-order valence-electron chi connectivity index (χ1n) is 10.3. The van der Waals surface area contributed by atoms with Gasteiger partial charge in [-0.05, 0) is 31.8 Å². The summed E-state index contributed by atoms with van der Waals surface area (Å²) in [5.74, 6) is 0.953. The Morgan fingerprint density at radius 1 is 0.933 bits per heavy atom. The molecule has 0 aliphatic rings.